The van der Waals surface area contributed by atoms with Crippen LogP contribution in [0.15, 0.2) is 96.2 Å². The minimum absolute atomic E-state index is 0.00784. The molecule has 1 aliphatic rings. The highest BCUT2D eigenvalue weighted by Crippen LogP contribution is 2.40. The number of rotatable bonds is 16. The van der Waals surface area contributed by atoms with Gasteiger partial charge in [-0.05, 0) is 58.9 Å². The number of hydrogen-bond acceptors (Lipinski definition) is 8. The quantitative estimate of drug-likeness (QED) is 0.0752. The molecule has 1 fully saturated rings. The molecule has 0 unspecified atom stereocenters. The number of aliphatic hydroxyl groups is 1. The Morgan fingerprint density at radius 3 is 2.38 bits per heavy atom. The third kappa shape index (κ3) is 10.7. The number of aromatic nitrogens is 1. The molecule has 4 aromatic rings. The van der Waals surface area contributed by atoms with Crippen molar-refractivity contribution in [2.75, 3.05) is 12.3 Å². The lowest BCUT2D eigenvalue weighted by Crippen LogP contribution is -2.31. The van der Waals surface area contributed by atoms with E-state index in [0.717, 1.165) is 52.6 Å². The minimum atomic E-state index is -1.02. The van der Waals surface area contributed by atoms with E-state index in [9.17, 15) is 24.6 Å². The highest BCUT2D eigenvalue weighted by molar-refractivity contribution is 7.99. The zero-order chi connectivity index (χ0) is 35.3. The van der Waals surface area contributed by atoms with Crippen LogP contribution in [0.5, 0.6) is 0 Å². The lowest BCUT2D eigenvalue weighted by atomic mass is 9.99. The van der Waals surface area contributed by atoms with Crippen LogP contribution in [0.4, 0.5) is 0 Å². The van der Waals surface area contributed by atoms with Gasteiger partial charge in [0.05, 0.1) is 24.4 Å². The number of nitrogens with one attached hydrogen (secondary N) is 2. The Morgan fingerprint density at radius 2 is 1.64 bits per heavy atom. The smallest absolute Gasteiger partial charge is 0.338 e. The summed E-state index contributed by atoms with van der Waals surface area (Å²) in [6, 6.07) is 26.9. The van der Waals surface area contributed by atoms with Crippen LogP contribution in [0.3, 0.4) is 0 Å². The Morgan fingerprint density at radius 1 is 0.860 bits per heavy atom. The van der Waals surface area contributed by atoms with Gasteiger partial charge in [0.25, 0.3) is 0 Å². The molecule has 262 valence electrons. The van der Waals surface area contributed by atoms with E-state index in [4.69, 9.17) is 9.47 Å². The Balaban J connectivity index is 1.22. The average molecular weight is 698 g/mol. The lowest BCUT2D eigenvalue weighted by molar-refractivity contribution is -0.245. The molecule has 1 aliphatic heterocycles. The molecule has 0 saturated carbocycles. The lowest BCUT2D eigenvalue weighted by Gasteiger charge is -2.36. The summed E-state index contributed by atoms with van der Waals surface area (Å²) in [6.07, 6.45) is 3.94. The van der Waals surface area contributed by atoms with Crippen LogP contribution in [0, 0.1) is 0 Å². The van der Waals surface area contributed by atoms with E-state index in [0.29, 0.717) is 36.7 Å². The zero-order valence-electron chi connectivity index (χ0n) is 28.0. The SMILES string of the molecule is CC(=O)NCCCCCC(=O)NCc1cccc(-c2ccc([C@H]3O[C@@H](CSc4ncccc4C(=O)O)C[C@@H](c4ccc(CO)cc4)O3)cc2)c1. The largest absolute Gasteiger partial charge is 0.478 e. The Kier molecular flexibility index (Phi) is 13.5. The topological polar surface area (TPSA) is 147 Å². The van der Waals surface area contributed by atoms with Crippen molar-refractivity contribution in [3.05, 3.63) is 119 Å². The van der Waals surface area contributed by atoms with Gasteiger partial charge in [-0.25, -0.2) is 9.78 Å². The predicted molar refractivity (Wildman–Crippen MR) is 191 cm³/mol. The van der Waals surface area contributed by atoms with Crippen molar-refractivity contribution in [1.82, 2.24) is 15.6 Å². The highest BCUT2D eigenvalue weighted by Gasteiger charge is 2.32. The summed E-state index contributed by atoms with van der Waals surface area (Å²) in [7, 11) is 0. The number of amides is 2. The first-order chi connectivity index (χ1) is 24.3. The van der Waals surface area contributed by atoms with Crippen molar-refractivity contribution < 1.29 is 34.1 Å². The molecule has 0 aliphatic carbocycles. The van der Waals surface area contributed by atoms with Crippen LogP contribution in [-0.4, -0.2) is 51.4 Å². The first-order valence-corrected chi connectivity index (χ1v) is 17.8. The number of unbranched alkanes of at least 4 members (excludes halogenated alkanes) is 2. The van der Waals surface area contributed by atoms with Crippen molar-refractivity contribution in [3.63, 3.8) is 0 Å². The normalized spacial score (nSPS) is 17.2. The van der Waals surface area contributed by atoms with Crippen LogP contribution in [0.1, 0.15) is 84.0 Å². The molecule has 1 aromatic heterocycles. The van der Waals surface area contributed by atoms with Crippen molar-refractivity contribution in [2.24, 2.45) is 0 Å². The van der Waals surface area contributed by atoms with Gasteiger partial charge in [0.1, 0.15) is 5.03 Å². The van der Waals surface area contributed by atoms with Gasteiger partial charge >= 0.3 is 5.97 Å². The van der Waals surface area contributed by atoms with Gasteiger partial charge in [-0.3, -0.25) is 9.59 Å². The summed E-state index contributed by atoms with van der Waals surface area (Å²) in [4.78, 5) is 39.4. The molecule has 11 heteroatoms. The summed E-state index contributed by atoms with van der Waals surface area (Å²) >= 11 is 1.35. The van der Waals surface area contributed by atoms with Gasteiger partial charge in [-0.15, -0.1) is 11.8 Å². The molecule has 3 aromatic carbocycles. The van der Waals surface area contributed by atoms with E-state index in [2.05, 4.69) is 21.7 Å². The number of carboxylic acid groups (broad SMARTS) is 1. The zero-order valence-corrected chi connectivity index (χ0v) is 28.9. The number of benzene rings is 3. The third-order valence-electron chi connectivity index (χ3n) is 8.41. The summed E-state index contributed by atoms with van der Waals surface area (Å²) in [6.45, 7) is 2.53. The van der Waals surface area contributed by atoms with E-state index in [1.807, 2.05) is 66.7 Å². The van der Waals surface area contributed by atoms with Crippen LogP contribution in [0.25, 0.3) is 11.1 Å². The minimum Gasteiger partial charge on any atom is -0.478 e. The Hall–Kier alpha value is -4.55. The van der Waals surface area contributed by atoms with Gasteiger partial charge in [0.2, 0.25) is 11.8 Å². The van der Waals surface area contributed by atoms with E-state index in [1.54, 1.807) is 18.3 Å². The molecule has 0 bridgehead atoms. The van der Waals surface area contributed by atoms with E-state index in [1.165, 1.54) is 18.7 Å². The fraction of sp³-hybridized carbons (Fsp3) is 0.333. The summed E-state index contributed by atoms with van der Waals surface area (Å²) in [5.74, 6) is -0.563. The van der Waals surface area contributed by atoms with Crippen molar-refractivity contribution in [3.8, 4) is 11.1 Å². The molecule has 1 saturated heterocycles. The van der Waals surface area contributed by atoms with Crippen molar-refractivity contribution >= 4 is 29.5 Å². The fourth-order valence-electron chi connectivity index (χ4n) is 5.70. The second kappa shape index (κ2) is 18.4. The third-order valence-corrected chi connectivity index (χ3v) is 9.55. The van der Waals surface area contributed by atoms with Crippen LogP contribution in [0.2, 0.25) is 0 Å². The molecule has 2 amide bonds. The Labute approximate surface area is 296 Å². The molecule has 2 heterocycles. The van der Waals surface area contributed by atoms with Crippen LogP contribution >= 0.6 is 11.8 Å². The second-order valence-corrected chi connectivity index (χ2v) is 13.2. The number of aromatic carboxylic acids is 1. The highest BCUT2D eigenvalue weighted by atomic mass is 32.2. The van der Waals surface area contributed by atoms with Crippen molar-refractivity contribution in [2.45, 2.75) is 75.7 Å². The maximum absolute atomic E-state index is 12.4. The number of carbonyl (C=O) groups is 3. The number of aliphatic hydroxyl groups excluding tert-OH is 1. The molecule has 4 N–H and O–H groups in total. The van der Waals surface area contributed by atoms with Gasteiger partial charge in [-0.2, -0.15) is 0 Å². The van der Waals surface area contributed by atoms with E-state index < -0.39 is 12.3 Å². The van der Waals surface area contributed by atoms with Gasteiger partial charge in [-0.1, -0.05) is 73.2 Å². The molecule has 0 spiro atoms. The summed E-state index contributed by atoms with van der Waals surface area (Å²) in [5, 5.41) is 25.3. The number of pyridine rings is 1. The maximum Gasteiger partial charge on any atom is 0.338 e. The summed E-state index contributed by atoms with van der Waals surface area (Å²) in [5.41, 5.74) is 5.82. The van der Waals surface area contributed by atoms with Gasteiger partial charge in [0.15, 0.2) is 6.29 Å². The predicted octanol–water partition coefficient (Wildman–Crippen LogP) is 6.59. The van der Waals surface area contributed by atoms with Gasteiger partial charge < -0.3 is 30.3 Å². The second-order valence-electron chi connectivity index (χ2n) is 12.2. The standard InChI is InChI=1S/C39H43N3O7S/c1-26(44)40-19-4-2-3-10-36(45)42-23-28-7-5-8-32(21-28)29-15-17-31(18-16-29)39-48-33(25-50-37-34(38(46)47)9-6-20-41-37)22-35(49-39)30-13-11-27(24-43)12-14-30/h5-9,11-18,20-21,33,35,39,43H,2-4,10,19,22-25H2,1H3,(H,40,44)(H,42,45)(H,46,47)/t33-,35+,39+/m1/s1. The molecule has 0 radical (unpaired) electrons. The first-order valence-electron chi connectivity index (χ1n) is 16.8. The van der Waals surface area contributed by atoms with Crippen LogP contribution < -0.4 is 10.6 Å². The van der Waals surface area contributed by atoms with E-state index in [-0.39, 0.29) is 36.2 Å². The Bertz CT molecular complexity index is 1730. The number of carboxylic acids is 1. The molecular formula is C39H43N3O7S. The summed E-state index contributed by atoms with van der Waals surface area (Å²) < 4.78 is 12.9. The average Bonchev–Trinajstić information content (AvgIpc) is 3.14. The number of ether oxygens (including phenoxy) is 2. The molecule has 3 atom stereocenters. The monoisotopic (exact) mass is 697 g/mol. The number of hydrogen-bond donors (Lipinski definition) is 4. The van der Waals surface area contributed by atoms with Crippen LogP contribution in [-0.2, 0) is 32.2 Å². The molecular weight excluding hydrogens is 655 g/mol. The number of nitrogens with zero attached hydrogens (tertiary/aromatic N) is 1. The molecule has 10 nitrogen and oxygen atoms in total. The van der Waals surface area contributed by atoms with E-state index >= 15 is 0 Å². The molecule has 50 heavy (non-hydrogen) atoms. The molecule has 5 rings (SSSR count). The maximum atomic E-state index is 12.4. The first kappa shape index (κ1) is 36.7. The fourth-order valence-corrected chi connectivity index (χ4v) is 6.70. The van der Waals surface area contributed by atoms with Gasteiger partial charge in [0, 0.05) is 50.4 Å². The van der Waals surface area contributed by atoms with Crippen molar-refractivity contribution in [1.29, 1.82) is 0 Å². The number of thioether (sulfide) groups is 1. The number of carbonyl (C=O) groups excluding carboxylic acids is 2.